The maximum atomic E-state index is 12.4. The molecule has 0 bridgehead atoms. The molecule has 1 heterocycles. The topological polar surface area (TPSA) is 59.1 Å². The lowest BCUT2D eigenvalue weighted by Crippen LogP contribution is -2.11. The van der Waals surface area contributed by atoms with Crippen molar-refractivity contribution in [3.63, 3.8) is 0 Å². The fourth-order valence-corrected chi connectivity index (χ4v) is 1.40. The Balaban J connectivity index is 3.09. The average Bonchev–Trinajstić information content (AvgIpc) is 2.16. The zero-order valence-electron chi connectivity index (χ0n) is 8.13. The molecule has 0 aliphatic carbocycles. The molecule has 1 aromatic rings. The van der Waals surface area contributed by atoms with Gasteiger partial charge in [0.25, 0.3) is 0 Å². The van der Waals surface area contributed by atoms with Crippen molar-refractivity contribution in [2.24, 2.45) is 5.73 Å². The maximum absolute atomic E-state index is 12.4. The summed E-state index contributed by atoms with van der Waals surface area (Å²) >= 11 is 5.60. The van der Waals surface area contributed by atoms with Gasteiger partial charge in [0, 0.05) is 11.8 Å². The van der Waals surface area contributed by atoms with Gasteiger partial charge in [0.2, 0.25) is 0 Å². The van der Waals surface area contributed by atoms with E-state index in [2.05, 4.69) is 4.98 Å². The Hall–Kier alpha value is -0.850. The van der Waals surface area contributed by atoms with Crippen LogP contribution in [0.5, 0.6) is 0 Å². The summed E-state index contributed by atoms with van der Waals surface area (Å²) in [6.45, 7) is 0.147. The molecule has 0 unspecified atom stereocenters. The standard InChI is InChI=1S/C9H10ClF3N2O/c10-8-6(7(16)1-2-14)3-5(4-15-8)9(11,12)13/h3-4,7,16H,1-2,14H2/t7-/m1/s1. The number of hydrogen-bond donors (Lipinski definition) is 2. The molecule has 0 saturated carbocycles. The van der Waals surface area contributed by atoms with Crippen LogP contribution >= 0.6 is 11.6 Å². The van der Waals surface area contributed by atoms with E-state index in [1.165, 1.54) is 0 Å². The zero-order chi connectivity index (χ0) is 12.3. The quantitative estimate of drug-likeness (QED) is 0.813. The lowest BCUT2D eigenvalue weighted by Gasteiger charge is -2.13. The molecule has 0 radical (unpaired) electrons. The summed E-state index contributed by atoms with van der Waals surface area (Å²) in [5, 5.41) is 9.38. The number of rotatable bonds is 3. The number of hydrogen-bond acceptors (Lipinski definition) is 3. The molecule has 1 aromatic heterocycles. The van der Waals surface area contributed by atoms with Crippen molar-refractivity contribution < 1.29 is 18.3 Å². The van der Waals surface area contributed by atoms with Gasteiger partial charge < -0.3 is 10.8 Å². The van der Waals surface area contributed by atoms with E-state index in [0.717, 1.165) is 6.07 Å². The Labute approximate surface area is 95.0 Å². The van der Waals surface area contributed by atoms with Crippen LogP contribution in [0.3, 0.4) is 0 Å². The molecule has 7 heteroatoms. The van der Waals surface area contributed by atoms with Crippen molar-refractivity contribution in [3.8, 4) is 0 Å². The molecule has 3 N–H and O–H groups in total. The Morgan fingerprint density at radius 2 is 2.12 bits per heavy atom. The van der Waals surface area contributed by atoms with Crippen molar-refractivity contribution >= 4 is 11.6 Å². The minimum absolute atomic E-state index is 0.0538. The third-order valence-electron chi connectivity index (χ3n) is 1.99. The van der Waals surface area contributed by atoms with Gasteiger partial charge in [-0.1, -0.05) is 11.6 Å². The van der Waals surface area contributed by atoms with Crippen LogP contribution in [0.15, 0.2) is 12.3 Å². The predicted octanol–water partition coefficient (Wildman–Crippen LogP) is 2.14. The highest BCUT2D eigenvalue weighted by molar-refractivity contribution is 6.30. The number of aromatic nitrogens is 1. The van der Waals surface area contributed by atoms with Crippen LogP contribution in [0.2, 0.25) is 5.15 Å². The second kappa shape index (κ2) is 4.99. The largest absolute Gasteiger partial charge is 0.417 e. The Bertz CT molecular complexity index is 370. The number of alkyl halides is 3. The van der Waals surface area contributed by atoms with Crippen molar-refractivity contribution in [1.82, 2.24) is 4.98 Å². The first kappa shape index (κ1) is 13.2. The van der Waals surface area contributed by atoms with Gasteiger partial charge in [-0.25, -0.2) is 4.98 Å². The number of aliphatic hydroxyl groups excluding tert-OH is 1. The van der Waals surface area contributed by atoms with Gasteiger partial charge in [0.15, 0.2) is 0 Å². The average molecular weight is 255 g/mol. The van der Waals surface area contributed by atoms with Gasteiger partial charge in [-0.3, -0.25) is 0 Å². The van der Waals surface area contributed by atoms with Crippen LogP contribution in [-0.4, -0.2) is 16.6 Å². The lowest BCUT2D eigenvalue weighted by atomic mass is 10.1. The third-order valence-corrected chi connectivity index (χ3v) is 2.31. The monoisotopic (exact) mass is 254 g/mol. The number of halogens is 4. The summed E-state index contributed by atoms with van der Waals surface area (Å²) in [5.74, 6) is 0. The summed E-state index contributed by atoms with van der Waals surface area (Å²) in [5.41, 5.74) is 4.20. The molecule has 0 aliphatic heterocycles. The van der Waals surface area contributed by atoms with Crippen molar-refractivity contribution in [2.75, 3.05) is 6.54 Å². The van der Waals surface area contributed by atoms with Gasteiger partial charge in [-0.15, -0.1) is 0 Å². The second-order valence-electron chi connectivity index (χ2n) is 3.19. The molecule has 0 spiro atoms. The number of nitrogens with zero attached hydrogens (tertiary/aromatic N) is 1. The Morgan fingerprint density at radius 3 is 2.62 bits per heavy atom. The summed E-state index contributed by atoms with van der Waals surface area (Å²) in [6, 6.07) is 0.787. The molecule has 0 aliphatic rings. The molecule has 0 aromatic carbocycles. The highest BCUT2D eigenvalue weighted by Crippen LogP contribution is 2.32. The molecule has 3 nitrogen and oxygen atoms in total. The summed E-state index contributed by atoms with van der Waals surface area (Å²) in [7, 11) is 0. The summed E-state index contributed by atoms with van der Waals surface area (Å²) < 4.78 is 37.1. The van der Waals surface area contributed by atoms with E-state index in [9.17, 15) is 18.3 Å². The predicted molar refractivity (Wildman–Crippen MR) is 52.9 cm³/mol. The van der Waals surface area contributed by atoms with E-state index < -0.39 is 17.8 Å². The molecular formula is C9H10ClF3N2O. The lowest BCUT2D eigenvalue weighted by molar-refractivity contribution is -0.137. The molecule has 1 atom stereocenters. The van der Waals surface area contributed by atoms with Crippen molar-refractivity contribution in [2.45, 2.75) is 18.7 Å². The second-order valence-corrected chi connectivity index (χ2v) is 3.55. The minimum Gasteiger partial charge on any atom is -0.388 e. The summed E-state index contributed by atoms with van der Waals surface area (Å²) in [6.07, 6.45) is -4.88. The zero-order valence-corrected chi connectivity index (χ0v) is 8.89. The normalized spacial score (nSPS) is 13.9. The highest BCUT2D eigenvalue weighted by atomic mass is 35.5. The fourth-order valence-electron chi connectivity index (χ4n) is 1.17. The van der Waals surface area contributed by atoms with Crippen LogP contribution in [-0.2, 0) is 6.18 Å². The van der Waals surface area contributed by atoms with Gasteiger partial charge >= 0.3 is 6.18 Å². The third kappa shape index (κ3) is 3.07. The van der Waals surface area contributed by atoms with Crippen molar-refractivity contribution in [1.29, 1.82) is 0 Å². The van der Waals surface area contributed by atoms with Crippen LogP contribution < -0.4 is 5.73 Å². The highest BCUT2D eigenvalue weighted by Gasteiger charge is 2.32. The van der Waals surface area contributed by atoms with E-state index in [0.29, 0.717) is 6.20 Å². The van der Waals surface area contributed by atoms with Crippen LogP contribution in [0.25, 0.3) is 0 Å². The smallest absolute Gasteiger partial charge is 0.388 e. The number of nitrogens with two attached hydrogens (primary N) is 1. The molecule has 0 fully saturated rings. The van der Waals surface area contributed by atoms with Crippen LogP contribution in [0, 0.1) is 0 Å². The Kier molecular flexibility index (Phi) is 4.12. The molecule has 16 heavy (non-hydrogen) atoms. The van der Waals surface area contributed by atoms with Crippen LogP contribution in [0.4, 0.5) is 13.2 Å². The van der Waals surface area contributed by atoms with Gasteiger partial charge in [0.05, 0.1) is 11.7 Å². The minimum atomic E-state index is -4.51. The first-order valence-corrected chi connectivity index (χ1v) is 4.85. The van der Waals surface area contributed by atoms with E-state index in [1.807, 2.05) is 0 Å². The summed E-state index contributed by atoms with van der Waals surface area (Å²) in [4.78, 5) is 3.39. The fraction of sp³-hybridized carbons (Fsp3) is 0.444. The molecule has 0 saturated heterocycles. The molecule has 90 valence electrons. The van der Waals surface area contributed by atoms with Crippen molar-refractivity contribution in [3.05, 3.63) is 28.5 Å². The Morgan fingerprint density at radius 1 is 1.50 bits per heavy atom. The van der Waals surface area contributed by atoms with Gasteiger partial charge in [-0.05, 0) is 19.0 Å². The molecular weight excluding hydrogens is 245 g/mol. The van der Waals surface area contributed by atoms with Gasteiger partial charge in [0.1, 0.15) is 5.15 Å². The van der Waals surface area contributed by atoms with E-state index >= 15 is 0 Å². The van der Waals surface area contributed by atoms with E-state index in [-0.39, 0.29) is 23.7 Å². The SMILES string of the molecule is NCC[C@@H](O)c1cc(C(F)(F)F)cnc1Cl. The molecule has 0 amide bonds. The number of pyridine rings is 1. The number of aliphatic hydroxyl groups is 1. The van der Waals surface area contributed by atoms with Gasteiger partial charge in [-0.2, -0.15) is 13.2 Å². The molecule has 1 rings (SSSR count). The first-order valence-electron chi connectivity index (χ1n) is 4.47. The first-order chi connectivity index (χ1) is 7.36. The van der Waals surface area contributed by atoms with E-state index in [1.54, 1.807) is 0 Å². The van der Waals surface area contributed by atoms with E-state index in [4.69, 9.17) is 17.3 Å². The van der Waals surface area contributed by atoms with Crippen LogP contribution in [0.1, 0.15) is 23.7 Å². The maximum Gasteiger partial charge on any atom is 0.417 e.